The van der Waals surface area contributed by atoms with E-state index in [1.54, 1.807) is 0 Å². The van der Waals surface area contributed by atoms with E-state index in [0.29, 0.717) is 5.25 Å². The molecule has 33 heavy (non-hydrogen) atoms. The molecule has 3 aromatic rings. The lowest BCUT2D eigenvalue weighted by molar-refractivity contribution is 0.329. The molecule has 4 rings (SSSR count). The smallest absolute Gasteiger partial charge is 0.130 e. The highest BCUT2D eigenvalue weighted by Crippen LogP contribution is 2.32. The van der Waals surface area contributed by atoms with Crippen LogP contribution in [0.15, 0.2) is 84.0 Å². The number of hydrogen-bond acceptors (Lipinski definition) is 5. The van der Waals surface area contributed by atoms with Crippen LogP contribution in [0.5, 0.6) is 5.75 Å². The van der Waals surface area contributed by atoms with Crippen LogP contribution in [0, 0.1) is 0 Å². The lowest BCUT2D eigenvalue weighted by atomic mass is 10.1. The van der Waals surface area contributed by atoms with Gasteiger partial charge in [0.1, 0.15) is 12.4 Å². The van der Waals surface area contributed by atoms with Crippen LogP contribution in [-0.2, 0) is 0 Å². The fourth-order valence-corrected chi connectivity index (χ4v) is 3.82. The topological polar surface area (TPSA) is 28.1 Å². The largest absolute Gasteiger partial charge is 0.492 e. The van der Waals surface area contributed by atoms with E-state index in [1.165, 1.54) is 11.4 Å². The molecule has 1 unspecified atom stereocenters. The fraction of sp³-hybridized carbons (Fsp3) is 0.321. The Morgan fingerprint density at radius 1 is 0.879 bits per heavy atom. The van der Waals surface area contributed by atoms with Crippen molar-refractivity contribution in [3.05, 3.63) is 84.4 Å². The standard InChI is InChI=1S/C26H29N3OS.C2H6/c1-3-28(4-2)24-16-15-21(26(17-24)30-19-25-20-31-25)18-27-29(22-11-7-5-8-12-22)23-13-9-6-10-14-23;1-2/h5-18,25H,3-4,19-20H2,1-2H3;1-2H3/b27-18-;. The summed E-state index contributed by atoms with van der Waals surface area (Å²) in [5, 5.41) is 7.44. The molecule has 0 spiro atoms. The summed E-state index contributed by atoms with van der Waals surface area (Å²) in [6, 6.07) is 26.8. The monoisotopic (exact) mass is 461 g/mol. The summed E-state index contributed by atoms with van der Waals surface area (Å²) in [7, 11) is 0. The van der Waals surface area contributed by atoms with Crippen molar-refractivity contribution in [3.8, 4) is 5.75 Å². The second-order valence-corrected chi connectivity index (χ2v) is 8.72. The zero-order valence-corrected chi connectivity index (χ0v) is 21.0. The summed E-state index contributed by atoms with van der Waals surface area (Å²) >= 11 is 1.95. The van der Waals surface area contributed by atoms with Gasteiger partial charge in [0.05, 0.1) is 17.6 Å². The van der Waals surface area contributed by atoms with Crippen LogP contribution in [0.25, 0.3) is 0 Å². The van der Waals surface area contributed by atoms with Crippen LogP contribution in [0.1, 0.15) is 33.3 Å². The summed E-state index contributed by atoms with van der Waals surface area (Å²) in [6.07, 6.45) is 1.90. The molecule has 0 aromatic heterocycles. The molecule has 1 saturated heterocycles. The third-order valence-corrected chi connectivity index (χ3v) is 6.21. The van der Waals surface area contributed by atoms with Gasteiger partial charge in [0.15, 0.2) is 0 Å². The third kappa shape index (κ3) is 7.03. The Morgan fingerprint density at radius 2 is 1.45 bits per heavy atom. The average molecular weight is 462 g/mol. The Labute approximate surface area is 203 Å². The Bertz CT molecular complexity index is 947. The molecular weight excluding hydrogens is 426 g/mol. The molecule has 0 bridgehead atoms. The number of ether oxygens (including phenoxy) is 1. The molecule has 1 aliphatic heterocycles. The van der Waals surface area contributed by atoms with E-state index in [1.807, 2.05) is 73.2 Å². The van der Waals surface area contributed by atoms with Gasteiger partial charge in [-0.3, -0.25) is 0 Å². The first-order valence-corrected chi connectivity index (χ1v) is 12.9. The minimum absolute atomic E-state index is 0.618. The highest BCUT2D eigenvalue weighted by atomic mass is 32.2. The zero-order chi connectivity index (χ0) is 23.5. The normalized spacial score (nSPS) is 14.4. The van der Waals surface area contributed by atoms with Gasteiger partial charge in [-0.05, 0) is 50.2 Å². The second-order valence-electron chi connectivity index (χ2n) is 7.39. The van der Waals surface area contributed by atoms with Gasteiger partial charge in [-0.25, -0.2) is 5.01 Å². The molecule has 5 heteroatoms. The highest BCUT2D eigenvalue weighted by Gasteiger charge is 2.23. The maximum atomic E-state index is 6.23. The minimum atomic E-state index is 0.618. The first kappa shape index (κ1) is 24.7. The molecule has 1 fully saturated rings. The van der Waals surface area contributed by atoms with Crippen molar-refractivity contribution in [3.63, 3.8) is 0 Å². The number of hydrogen-bond donors (Lipinski definition) is 0. The number of nitrogens with zero attached hydrogens (tertiary/aromatic N) is 3. The highest BCUT2D eigenvalue weighted by molar-refractivity contribution is 8.06. The number of para-hydroxylation sites is 2. The maximum absolute atomic E-state index is 6.23. The average Bonchev–Trinajstić information content (AvgIpc) is 3.72. The summed E-state index contributed by atoms with van der Waals surface area (Å²) in [5.74, 6) is 2.08. The number of anilines is 3. The fourth-order valence-electron chi connectivity index (χ4n) is 3.43. The van der Waals surface area contributed by atoms with Gasteiger partial charge in [0, 0.05) is 41.4 Å². The first-order chi connectivity index (χ1) is 16.3. The molecule has 0 aliphatic carbocycles. The summed E-state index contributed by atoms with van der Waals surface area (Å²) < 4.78 is 6.23. The van der Waals surface area contributed by atoms with Gasteiger partial charge in [-0.2, -0.15) is 16.9 Å². The van der Waals surface area contributed by atoms with Crippen LogP contribution in [-0.4, -0.2) is 36.9 Å². The predicted octanol–water partition coefficient (Wildman–Crippen LogP) is 7.23. The Balaban J connectivity index is 0.00000149. The SMILES string of the molecule is CC.CCN(CC)c1ccc(/C=N\N(c2ccccc2)c2ccccc2)c(OCC2CS2)c1. The van der Waals surface area contributed by atoms with E-state index in [-0.39, 0.29) is 0 Å². The molecule has 0 saturated carbocycles. The van der Waals surface area contributed by atoms with E-state index < -0.39 is 0 Å². The van der Waals surface area contributed by atoms with Crippen LogP contribution < -0.4 is 14.6 Å². The lowest BCUT2D eigenvalue weighted by Crippen LogP contribution is -2.22. The molecule has 1 aliphatic rings. The van der Waals surface area contributed by atoms with Crippen molar-refractivity contribution in [2.75, 3.05) is 35.4 Å². The van der Waals surface area contributed by atoms with Crippen LogP contribution in [0.2, 0.25) is 0 Å². The predicted molar refractivity (Wildman–Crippen MR) is 146 cm³/mol. The van der Waals surface area contributed by atoms with Crippen molar-refractivity contribution in [2.45, 2.75) is 32.9 Å². The van der Waals surface area contributed by atoms with Crippen LogP contribution >= 0.6 is 11.8 Å². The Hall–Kier alpha value is -2.92. The van der Waals surface area contributed by atoms with E-state index in [2.05, 4.69) is 61.2 Å². The van der Waals surface area contributed by atoms with E-state index in [0.717, 1.165) is 42.4 Å². The summed E-state index contributed by atoms with van der Waals surface area (Å²) in [4.78, 5) is 2.33. The van der Waals surface area contributed by atoms with Crippen molar-refractivity contribution < 1.29 is 4.74 Å². The molecule has 1 atom stereocenters. The summed E-state index contributed by atoms with van der Waals surface area (Å²) in [5.41, 5.74) is 4.20. The van der Waals surface area contributed by atoms with E-state index >= 15 is 0 Å². The molecule has 0 radical (unpaired) electrons. The second kappa shape index (κ2) is 12.9. The van der Waals surface area contributed by atoms with E-state index in [9.17, 15) is 0 Å². The van der Waals surface area contributed by atoms with Gasteiger partial charge in [0.2, 0.25) is 0 Å². The molecular formula is C28H35N3OS. The first-order valence-electron chi connectivity index (χ1n) is 11.9. The van der Waals surface area contributed by atoms with Crippen molar-refractivity contribution in [2.24, 2.45) is 5.10 Å². The third-order valence-electron chi connectivity index (χ3n) is 5.27. The van der Waals surface area contributed by atoms with Crippen molar-refractivity contribution in [1.82, 2.24) is 0 Å². The Morgan fingerprint density at radius 3 is 1.97 bits per heavy atom. The van der Waals surface area contributed by atoms with Crippen LogP contribution in [0.3, 0.4) is 0 Å². The van der Waals surface area contributed by atoms with Crippen molar-refractivity contribution >= 4 is 35.0 Å². The zero-order valence-electron chi connectivity index (χ0n) is 20.1. The van der Waals surface area contributed by atoms with Gasteiger partial charge in [-0.15, -0.1) is 0 Å². The van der Waals surface area contributed by atoms with Gasteiger partial charge in [-0.1, -0.05) is 50.2 Å². The molecule has 4 nitrogen and oxygen atoms in total. The molecule has 0 N–H and O–H groups in total. The van der Waals surface area contributed by atoms with Crippen LogP contribution in [0.4, 0.5) is 17.1 Å². The quantitative estimate of drug-likeness (QED) is 0.181. The van der Waals surface area contributed by atoms with Gasteiger partial charge < -0.3 is 9.64 Å². The van der Waals surface area contributed by atoms with Gasteiger partial charge in [0.25, 0.3) is 0 Å². The maximum Gasteiger partial charge on any atom is 0.130 e. The van der Waals surface area contributed by atoms with E-state index in [4.69, 9.17) is 9.84 Å². The number of rotatable bonds is 10. The minimum Gasteiger partial charge on any atom is -0.492 e. The lowest BCUT2D eigenvalue weighted by Gasteiger charge is -2.23. The number of thioether (sulfide) groups is 1. The van der Waals surface area contributed by atoms with Gasteiger partial charge >= 0.3 is 0 Å². The van der Waals surface area contributed by atoms with Crippen molar-refractivity contribution in [1.29, 1.82) is 0 Å². The molecule has 3 aromatic carbocycles. The molecule has 0 amide bonds. The Kier molecular flexibility index (Phi) is 9.70. The molecule has 1 heterocycles. The number of benzene rings is 3. The number of hydrazone groups is 1. The molecule has 174 valence electrons. The summed E-state index contributed by atoms with van der Waals surface area (Å²) in [6.45, 7) is 11.0.